The van der Waals surface area contributed by atoms with Gasteiger partial charge in [0.15, 0.2) is 6.61 Å². The van der Waals surface area contributed by atoms with Gasteiger partial charge in [-0.05, 0) is 66.6 Å². The smallest absolute Gasteiger partial charge is 0.329 e. The lowest BCUT2D eigenvalue weighted by Gasteiger charge is -2.09. The van der Waals surface area contributed by atoms with Gasteiger partial charge < -0.3 is 20.1 Å². The summed E-state index contributed by atoms with van der Waals surface area (Å²) < 4.78 is 11.0. The molecule has 0 aliphatic carbocycles. The van der Waals surface area contributed by atoms with Crippen LogP contribution in [-0.2, 0) is 14.4 Å². The number of carbonyl (C=O) groups is 3. The van der Waals surface area contributed by atoms with Crippen molar-refractivity contribution in [2.45, 2.75) is 13.3 Å². The molecule has 0 radical (unpaired) electrons. The first-order valence-electron chi connectivity index (χ1n) is 11.2. The highest BCUT2D eigenvalue weighted by atomic mass is 35.5. The second-order valence-electron chi connectivity index (χ2n) is 7.56. The summed E-state index contributed by atoms with van der Waals surface area (Å²) in [5, 5.41) is 9.68. The standard InChI is InChI=1S/C26H24Cl2N4O5/c1-2-12-36-20-9-7-19(8-10-20)30-25(34)26(35)32-29-15-17-4-3-5-21(13-17)37-16-24(33)31-23-11-6-18(27)14-22(23)28/h3-11,13-15H,2,12,16H2,1H3,(H,30,34)(H,31,33)(H,32,35)/b29-15-. The van der Waals surface area contributed by atoms with Crippen LogP contribution in [0.5, 0.6) is 11.5 Å². The Bertz CT molecular complexity index is 1280. The van der Waals surface area contributed by atoms with E-state index in [1.165, 1.54) is 12.3 Å². The van der Waals surface area contributed by atoms with E-state index in [1.54, 1.807) is 60.7 Å². The summed E-state index contributed by atoms with van der Waals surface area (Å²) >= 11 is 11.9. The molecule has 9 nitrogen and oxygen atoms in total. The first kappa shape index (κ1) is 27.5. The lowest BCUT2D eigenvalue weighted by molar-refractivity contribution is -0.136. The zero-order valence-electron chi connectivity index (χ0n) is 19.8. The molecular formula is C26H24Cl2N4O5. The van der Waals surface area contributed by atoms with Gasteiger partial charge in [0.2, 0.25) is 0 Å². The minimum Gasteiger partial charge on any atom is -0.494 e. The van der Waals surface area contributed by atoms with E-state index in [4.69, 9.17) is 32.7 Å². The largest absolute Gasteiger partial charge is 0.494 e. The molecule has 0 aliphatic heterocycles. The van der Waals surface area contributed by atoms with E-state index in [2.05, 4.69) is 21.2 Å². The molecule has 0 saturated carbocycles. The van der Waals surface area contributed by atoms with Crippen LogP contribution in [-0.4, -0.2) is 37.1 Å². The number of hydrogen-bond acceptors (Lipinski definition) is 6. The summed E-state index contributed by atoms with van der Waals surface area (Å²) in [7, 11) is 0. The molecule has 0 aliphatic rings. The van der Waals surface area contributed by atoms with E-state index in [0.29, 0.717) is 45.1 Å². The highest BCUT2D eigenvalue weighted by molar-refractivity contribution is 6.39. The number of hydrogen-bond donors (Lipinski definition) is 3. The van der Waals surface area contributed by atoms with Gasteiger partial charge >= 0.3 is 11.8 Å². The highest BCUT2D eigenvalue weighted by Crippen LogP contribution is 2.25. The average molecular weight is 543 g/mol. The molecule has 3 amide bonds. The first-order chi connectivity index (χ1) is 17.8. The number of anilines is 2. The molecule has 0 heterocycles. The Morgan fingerprint density at radius 3 is 2.41 bits per heavy atom. The van der Waals surface area contributed by atoms with Gasteiger partial charge in [-0.3, -0.25) is 14.4 Å². The lowest BCUT2D eigenvalue weighted by Crippen LogP contribution is -2.32. The zero-order chi connectivity index (χ0) is 26.6. The molecule has 11 heteroatoms. The average Bonchev–Trinajstić information content (AvgIpc) is 2.89. The maximum absolute atomic E-state index is 12.2. The van der Waals surface area contributed by atoms with E-state index in [0.717, 1.165) is 6.42 Å². The van der Waals surface area contributed by atoms with E-state index in [9.17, 15) is 14.4 Å². The summed E-state index contributed by atoms with van der Waals surface area (Å²) in [6.45, 7) is 2.33. The number of carbonyl (C=O) groups excluding carboxylic acids is 3. The van der Waals surface area contributed by atoms with Crippen molar-refractivity contribution in [2.75, 3.05) is 23.8 Å². The molecule has 0 bridgehead atoms. The molecular weight excluding hydrogens is 519 g/mol. The van der Waals surface area contributed by atoms with E-state index < -0.39 is 17.7 Å². The third-order valence-corrected chi connectivity index (χ3v) is 5.15. The summed E-state index contributed by atoms with van der Waals surface area (Å²) in [5.74, 6) is -1.15. The molecule has 0 spiro atoms. The number of nitrogens with one attached hydrogen (secondary N) is 3. The summed E-state index contributed by atoms with van der Waals surface area (Å²) in [6, 6.07) is 18.1. The van der Waals surface area contributed by atoms with Gasteiger partial charge in [-0.15, -0.1) is 0 Å². The van der Waals surface area contributed by atoms with Crippen LogP contribution in [0.3, 0.4) is 0 Å². The van der Waals surface area contributed by atoms with Crippen molar-refractivity contribution in [3.05, 3.63) is 82.3 Å². The Morgan fingerprint density at radius 2 is 1.68 bits per heavy atom. The molecule has 0 fully saturated rings. The maximum atomic E-state index is 12.2. The fourth-order valence-corrected chi connectivity index (χ4v) is 3.32. The monoisotopic (exact) mass is 542 g/mol. The van der Waals surface area contributed by atoms with Crippen molar-refractivity contribution < 1.29 is 23.9 Å². The Balaban J connectivity index is 1.46. The van der Waals surface area contributed by atoms with Crippen molar-refractivity contribution in [1.29, 1.82) is 0 Å². The Kier molecular flexibility index (Phi) is 10.3. The van der Waals surface area contributed by atoms with Gasteiger partial charge in [-0.25, -0.2) is 5.43 Å². The Morgan fingerprint density at radius 1 is 0.892 bits per heavy atom. The van der Waals surface area contributed by atoms with Crippen LogP contribution in [0, 0.1) is 0 Å². The molecule has 0 atom stereocenters. The van der Waals surface area contributed by atoms with Crippen molar-refractivity contribution in [3.63, 3.8) is 0 Å². The molecule has 0 unspecified atom stereocenters. The number of halogens is 2. The molecule has 3 N–H and O–H groups in total. The molecule has 37 heavy (non-hydrogen) atoms. The number of benzene rings is 3. The lowest BCUT2D eigenvalue weighted by atomic mass is 10.2. The zero-order valence-corrected chi connectivity index (χ0v) is 21.3. The van der Waals surface area contributed by atoms with Crippen LogP contribution in [0.2, 0.25) is 10.0 Å². The van der Waals surface area contributed by atoms with E-state index in [1.807, 2.05) is 6.92 Å². The predicted octanol–water partition coefficient (Wildman–Crippen LogP) is 4.89. The van der Waals surface area contributed by atoms with Crippen molar-refractivity contribution in [3.8, 4) is 11.5 Å². The summed E-state index contributed by atoms with van der Waals surface area (Å²) in [4.78, 5) is 36.3. The van der Waals surface area contributed by atoms with Gasteiger partial charge in [0.25, 0.3) is 5.91 Å². The van der Waals surface area contributed by atoms with Gasteiger partial charge in [-0.2, -0.15) is 5.10 Å². The fraction of sp³-hybridized carbons (Fsp3) is 0.154. The predicted molar refractivity (Wildman–Crippen MR) is 144 cm³/mol. The molecule has 3 rings (SSSR count). The quantitative estimate of drug-likeness (QED) is 0.191. The van der Waals surface area contributed by atoms with Crippen LogP contribution in [0.4, 0.5) is 11.4 Å². The number of rotatable bonds is 10. The molecule has 192 valence electrons. The second kappa shape index (κ2) is 13.9. The van der Waals surface area contributed by atoms with Gasteiger partial charge in [-0.1, -0.05) is 42.3 Å². The Labute approximate surface area is 223 Å². The van der Waals surface area contributed by atoms with Gasteiger partial charge in [0.05, 0.1) is 23.5 Å². The van der Waals surface area contributed by atoms with Crippen molar-refractivity contribution >= 4 is 58.5 Å². The molecule has 3 aromatic rings. The number of hydrazone groups is 1. The summed E-state index contributed by atoms with van der Waals surface area (Å²) in [6.07, 6.45) is 2.22. The van der Waals surface area contributed by atoms with Crippen molar-refractivity contribution in [2.24, 2.45) is 5.10 Å². The van der Waals surface area contributed by atoms with Crippen molar-refractivity contribution in [1.82, 2.24) is 5.43 Å². The highest BCUT2D eigenvalue weighted by Gasteiger charge is 2.13. The maximum Gasteiger partial charge on any atom is 0.329 e. The third-order valence-electron chi connectivity index (χ3n) is 4.60. The topological polar surface area (TPSA) is 118 Å². The summed E-state index contributed by atoms with van der Waals surface area (Å²) in [5.41, 5.74) is 3.59. The number of amides is 3. The molecule has 0 aromatic heterocycles. The SMILES string of the molecule is CCCOc1ccc(NC(=O)C(=O)N/N=C\c2cccc(OCC(=O)Nc3ccc(Cl)cc3Cl)c2)cc1. The van der Waals surface area contributed by atoms with Crippen LogP contribution in [0.25, 0.3) is 0 Å². The van der Waals surface area contributed by atoms with E-state index >= 15 is 0 Å². The number of nitrogens with zero attached hydrogens (tertiary/aromatic N) is 1. The van der Waals surface area contributed by atoms with Crippen LogP contribution in [0.15, 0.2) is 71.8 Å². The third kappa shape index (κ3) is 9.14. The molecule has 3 aromatic carbocycles. The minimum absolute atomic E-state index is 0.262. The second-order valence-corrected chi connectivity index (χ2v) is 8.40. The van der Waals surface area contributed by atoms with Crippen LogP contribution >= 0.6 is 23.2 Å². The van der Waals surface area contributed by atoms with Crippen LogP contribution in [0.1, 0.15) is 18.9 Å². The minimum atomic E-state index is -0.938. The Hall–Kier alpha value is -4.08. The molecule has 0 saturated heterocycles. The normalized spacial score (nSPS) is 10.6. The van der Waals surface area contributed by atoms with E-state index in [-0.39, 0.29) is 6.61 Å². The van der Waals surface area contributed by atoms with Gasteiger partial charge in [0.1, 0.15) is 11.5 Å². The van der Waals surface area contributed by atoms with Gasteiger partial charge in [0, 0.05) is 10.7 Å². The van der Waals surface area contributed by atoms with Crippen LogP contribution < -0.4 is 25.5 Å². The number of ether oxygens (including phenoxy) is 2. The first-order valence-corrected chi connectivity index (χ1v) is 11.9. The fourth-order valence-electron chi connectivity index (χ4n) is 2.87.